The van der Waals surface area contributed by atoms with Gasteiger partial charge in [-0.25, -0.2) is 30.0 Å². The number of aliphatic imine (C=N–C) groups is 4. The van der Waals surface area contributed by atoms with Crippen molar-refractivity contribution >= 4 is 56.5 Å². The smallest absolute Gasteiger partial charge is 0.164 e. The first-order valence-corrected chi connectivity index (χ1v) is 32.0. The van der Waals surface area contributed by atoms with Gasteiger partial charge in [-0.1, -0.05) is 263 Å². The van der Waals surface area contributed by atoms with E-state index < -0.39 is 0 Å². The van der Waals surface area contributed by atoms with Gasteiger partial charge >= 0.3 is 0 Å². The standard InChI is InChI=1S/C33H18N8.4C8H18O.4C2H6/c1-2-10-19-18(9-1)26-34-27(19)37-31-24-15-7-8-16-25(24)33-39-29-21-12-4-3-11-20(21)28(35-29)38-32-23-14-6-5-13-22(23)30(36-26)40(32)17-41(31)33;4*1-6(2)8(9-5)7(3)4;4*1-2/h1-16H,17H2;4*6-8H,1-5H3;4*1-2H3. The minimum atomic E-state index is 0.421. The highest BCUT2D eigenvalue weighted by molar-refractivity contribution is 6.25. The molecule has 0 saturated heterocycles. The van der Waals surface area contributed by atoms with Crippen molar-refractivity contribution in [3.8, 4) is 0 Å². The normalized spacial score (nSPS) is 12.9. The van der Waals surface area contributed by atoms with Crippen molar-refractivity contribution in [2.24, 2.45) is 77.3 Å². The lowest BCUT2D eigenvalue weighted by atomic mass is 9.96. The predicted molar refractivity (Wildman–Crippen MR) is 367 cm³/mol. The first-order chi connectivity index (χ1) is 40.7. The van der Waals surface area contributed by atoms with Crippen LogP contribution in [0.25, 0.3) is 21.5 Å². The second-order valence-corrected chi connectivity index (χ2v) is 23.2. The Balaban J connectivity index is 0.000000460. The Morgan fingerprint density at radius 2 is 0.494 bits per heavy atom. The van der Waals surface area contributed by atoms with Gasteiger partial charge in [0.1, 0.15) is 29.3 Å². The summed E-state index contributed by atoms with van der Waals surface area (Å²) in [5.41, 5.74) is 5.45. The maximum absolute atomic E-state index is 5.27. The molecule has 0 saturated carbocycles. The Labute approximate surface area is 515 Å². The number of methoxy groups -OCH3 is 4. The van der Waals surface area contributed by atoms with Gasteiger partial charge < -0.3 is 18.9 Å². The SMILES string of the molecule is CC.CC.CC.CC.COC(C(C)C)C(C)C.COC(C(C)C)C(C)C.COC(C(C)C)C(C)C.COC(C(C)C)C(C)C.c1ccc2c(c1)C1=NC2=Nc2c3ccccc3c3n2Cn2c(c4ccccc4c2=NC2=NC(=N3)c3ccccc32)=N1. The van der Waals surface area contributed by atoms with Crippen LogP contribution in [0, 0.1) is 47.3 Å². The summed E-state index contributed by atoms with van der Waals surface area (Å²) in [7, 11) is 7.13. The van der Waals surface area contributed by atoms with E-state index >= 15 is 0 Å². The van der Waals surface area contributed by atoms with Crippen LogP contribution in [0.15, 0.2) is 127 Å². The molecule has 85 heavy (non-hydrogen) atoms. The molecule has 12 heteroatoms. The molecule has 6 heterocycles. The molecule has 12 nitrogen and oxygen atoms in total. The monoisotopic (exact) mass is 1170 g/mol. The van der Waals surface area contributed by atoms with Crippen LogP contribution in [0.5, 0.6) is 0 Å². The lowest BCUT2D eigenvalue weighted by Gasteiger charge is -2.22. The van der Waals surface area contributed by atoms with Gasteiger partial charge in [0.05, 0.1) is 24.4 Å². The fourth-order valence-electron chi connectivity index (χ4n) is 11.6. The molecule has 6 aromatic rings. The van der Waals surface area contributed by atoms with Crippen molar-refractivity contribution in [2.45, 2.75) is 197 Å². The van der Waals surface area contributed by atoms with Crippen molar-refractivity contribution in [2.75, 3.05) is 28.4 Å². The fraction of sp³-hybridized carbons (Fsp3) is 0.562. The first-order valence-electron chi connectivity index (χ1n) is 32.0. The molecule has 0 unspecified atom stereocenters. The minimum absolute atomic E-state index is 0.421. The summed E-state index contributed by atoms with van der Waals surface area (Å²) in [6.07, 6.45) is 1.69. The third-order valence-electron chi connectivity index (χ3n) is 14.6. The maximum Gasteiger partial charge on any atom is 0.164 e. The first kappa shape index (κ1) is 75.2. The lowest BCUT2D eigenvalue weighted by Crippen LogP contribution is -2.32. The highest BCUT2D eigenvalue weighted by atomic mass is 16.5. The highest BCUT2D eigenvalue weighted by Gasteiger charge is 2.29. The third kappa shape index (κ3) is 19.0. The van der Waals surface area contributed by atoms with Gasteiger partial charge in [-0.05, 0) is 47.3 Å². The fourth-order valence-corrected chi connectivity index (χ4v) is 11.6. The van der Waals surface area contributed by atoms with Gasteiger partial charge in [-0.15, -0.1) is 0 Å². The van der Waals surface area contributed by atoms with E-state index in [-0.39, 0.29) is 0 Å². The summed E-state index contributed by atoms with van der Waals surface area (Å²) in [4.78, 5) is 30.9. The van der Waals surface area contributed by atoms with E-state index in [1.165, 1.54) is 0 Å². The molecule has 0 atom stereocenters. The summed E-state index contributed by atoms with van der Waals surface area (Å²) in [5, 5.41) is 4.02. The second-order valence-electron chi connectivity index (χ2n) is 23.2. The molecule has 0 aliphatic carbocycles. The molecule has 470 valence electrons. The molecule has 6 bridgehead atoms. The largest absolute Gasteiger partial charge is 0.381 e. The molecule has 0 spiro atoms. The molecular weight excluding hydrogens is 1050 g/mol. The Bertz CT molecular complexity index is 2910. The molecule has 4 aliphatic rings. The van der Waals surface area contributed by atoms with Crippen LogP contribution in [0.3, 0.4) is 0 Å². The van der Waals surface area contributed by atoms with E-state index in [4.69, 9.17) is 48.9 Å². The molecule has 0 fully saturated rings. The van der Waals surface area contributed by atoms with Crippen LogP contribution in [0.4, 0.5) is 11.6 Å². The molecule has 0 radical (unpaired) electrons. The number of hydrogen-bond donors (Lipinski definition) is 0. The van der Waals surface area contributed by atoms with Crippen molar-refractivity contribution < 1.29 is 18.9 Å². The number of ether oxygens (including phenoxy) is 4. The number of rotatable bonds is 12. The summed E-state index contributed by atoms with van der Waals surface area (Å²) in [5.74, 6) is 9.26. The Morgan fingerprint density at radius 3 is 0.706 bits per heavy atom. The summed E-state index contributed by atoms with van der Waals surface area (Å²) in [6, 6.07) is 32.9. The van der Waals surface area contributed by atoms with Crippen LogP contribution >= 0.6 is 0 Å². The molecule has 4 aromatic carbocycles. The number of nitrogens with zero attached hydrogens (tertiary/aromatic N) is 8. The second kappa shape index (κ2) is 37.6. The van der Waals surface area contributed by atoms with Crippen molar-refractivity contribution in [1.82, 2.24) is 9.13 Å². The van der Waals surface area contributed by atoms with Gasteiger partial charge in [-0.3, -0.25) is 9.13 Å². The number of fused-ring (bicyclic) bond motifs is 14. The van der Waals surface area contributed by atoms with E-state index in [2.05, 4.69) is 168 Å². The number of hydrogen-bond acceptors (Lipinski definition) is 10. The lowest BCUT2D eigenvalue weighted by molar-refractivity contribution is 0.0292. The van der Waals surface area contributed by atoms with Crippen molar-refractivity contribution in [1.29, 1.82) is 0 Å². The van der Waals surface area contributed by atoms with Crippen LogP contribution in [0.2, 0.25) is 0 Å². The molecule has 4 aliphatic heterocycles. The number of benzene rings is 4. The molecule has 0 N–H and O–H groups in total. The van der Waals surface area contributed by atoms with Gasteiger partial charge in [0.2, 0.25) is 0 Å². The Morgan fingerprint density at radius 1 is 0.282 bits per heavy atom. The zero-order chi connectivity index (χ0) is 64.4. The zero-order valence-electron chi connectivity index (χ0n) is 58.1. The van der Waals surface area contributed by atoms with Crippen LogP contribution < -0.4 is 11.0 Å². The molecule has 10 rings (SSSR count). The van der Waals surface area contributed by atoms with Crippen LogP contribution in [-0.4, -0.2) is 85.3 Å². The summed E-state index contributed by atoms with van der Waals surface area (Å²) < 4.78 is 25.4. The van der Waals surface area contributed by atoms with Crippen LogP contribution in [-0.2, 0) is 25.6 Å². The molecular formula is C73H114N8O4. The number of amidine groups is 4. The minimum Gasteiger partial charge on any atom is -0.381 e. The average Bonchev–Trinajstić information content (AvgIpc) is 2.84. The quantitative estimate of drug-likeness (QED) is 0.121. The van der Waals surface area contributed by atoms with E-state index in [0.717, 1.165) is 66.4 Å². The predicted octanol–water partition coefficient (Wildman–Crippen LogP) is 18.4. The van der Waals surface area contributed by atoms with E-state index in [0.29, 0.717) is 102 Å². The Kier molecular flexibility index (Phi) is 33.3. The van der Waals surface area contributed by atoms with Crippen LogP contribution in [0.1, 0.15) is 188 Å². The van der Waals surface area contributed by atoms with E-state index in [9.17, 15) is 0 Å². The van der Waals surface area contributed by atoms with E-state index in [1.807, 2.05) is 104 Å². The van der Waals surface area contributed by atoms with Gasteiger partial charge in [0.25, 0.3) is 0 Å². The van der Waals surface area contributed by atoms with Gasteiger partial charge in [-0.2, -0.15) is 0 Å². The van der Waals surface area contributed by atoms with Gasteiger partial charge in [0.15, 0.2) is 23.3 Å². The summed E-state index contributed by atoms with van der Waals surface area (Å²) >= 11 is 0. The molecule has 2 aromatic heterocycles. The Hall–Kier alpha value is -5.92. The van der Waals surface area contributed by atoms with E-state index in [1.54, 1.807) is 28.4 Å². The highest BCUT2D eigenvalue weighted by Crippen LogP contribution is 2.40. The topological polar surface area (TPSA) is 121 Å². The zero-order valence-corrected chi connectivity index (χ0v) is 58.1. The number of aromatic nitrogens is 2. The molecule has 0 amide bonds. The van der Waals surface area contributed by atoms with Gasteiger partial charge in [0, 0.05) is 72.2 Å². The third-order valence-corrected chi connectivity index (χ3v) is 14.6. The van der Waals surface area contributed by atoms with Crippen molar-refractivity contribution in [3.63, 3.8) is 0 Å². The average molecular weight is 1170 g/mol. The maximum atomic E-state index is 5.27. The summed E-state index contributed by atoms with van der Waals surface area (Å²) in [6.45, 7) is 51.4. The van der Waals surface area contributed by atoms with Crippen molar-refractivity contribution in [3.05, 3.63) is 130 Å².